The number of hydrogen-bond donors (Lipinski definition) is 2. The van der Waals surface area contributed by atoms with E-state index in [1.807, 2.05) is 36.6 Å². The van der Waals surface area contributed by atoms with Crippen LogP contribution in [0, 0.1) is 6.92 Å². The van der Waals surface area contributed by atoms with E-state index in [9.17, 15) is 18.0 Å². The van der Waals surface area contributed by atoms with E-state index in [1.165, 1.54) is 21.9 Å². The van der Waals surface area contributed by atoms with Crippen LogP contribution in [0.4, 0.5) is 17.3 Å². The van der Waals surface area contributed by atoms with Crippen molar-refractivity contribution in [2.45, 2.75) is 37.1 Å². The average Bonchev–Trinajstić information content (AvgIpc) is 3.87. The number of pyridine rings is 1. The van der Waals surface area contributed by atoms with Crippen molar-refractivity contribution in [3.8, 4) is 5.75 Å². The summed E-state index contributed by atoms with van der Waals surface area (Å²) in [6.45, 7) is 3.28. The number of anilines is 3. The van der Waals surface area contributed by atoms with Crippen molar-refractivity contribution in [3.63, 3.8) is 0 Å². The van der Waals surface area contributed by atoms with Gasteiger partial charge in [0.1, 0.15) is 10.4 Å². The van der Waals surface area contributed by atoms with Gasteiger partial charge in [0, 0.05) is 29.2 Å². The summed E-state index contributed by atoms with van der Waals surface area (Å²) in [6.07, 6.45) is 3.92. The molecule has 234 valence electrons. The van der Waals surface area contributed by atoms with Gasteiger partial charge in [-0.15, -0.1) is 11.3 Å². The number of nitrogens with one attached hydrogen (secondary N) is 2. The van der Waals surface area contributed by atoms with E-state index >= 15 is 0 Å². The fraction of sp³-hybridized carbons (Fsp3) is 0.242. The molecule has 6 heterocycles. The lowest BCUT2D eigenvalue weighted by Crippen LogP contribution is -2.42. The SMILES string of the molecule is COc1cc2c(cc1Nc1nc3c(ccn3S(=O)(=O)c3ccc(C)cc3)c3cc4ccsc4c(=O)n13)N(C(=O)[C@@H]1CCCN1)CC2. The molecule has 13 heteroatoms. The predicted octanol–water partition coefficient (Wildman–Crippen LogP) is 4.80. The maximum atomic E-state index is 14.0. The van der Waals surface area contributed by atoms with E-state index in [0.717, 1.165) is 45.6 Å². The highest BCUT2D eigenvalue weighted by atomic mass is 32.2. The third-order valence-corrected chi connectivity index (χ3v) is 11.5. The lowest BCUT2D eigenvalue weighted by Gasteiger charge is -2.23. The lowest BCUT2D eigenvalue weighted by molar-refractivity contribution is -0.120. The number of fused-ring (bicyclic) bond motifs is 5. The summed E-state index contributed by atoms with van der Waals surface area (Å²) in [5, 5.41) is 9.71. The molecule has 2 aliphatic heterocycles. The molecule has 0 spiro atoms. The van der Waals surface area contributed by atoms with E-state index < -0.39 is 10.0 Å². The van der Waals surface area contributed by atoms with Crippen molar-refractivity contribution in [3.05, 3.63) is 87.7 Å². The highest BCUT2D eigenvalue weighted by Gasteiger charge is 2.33. The normalized spacial score (nSPS) is 16.5. The Kier molecular flexibility index (Phi) is 6.67. The zero-order valence-electron chi connectivity index (χ0n) is 25.1. The zero-order chi connectivity index (χ0) is 31.7. The molecule has 4 aromatic heterocycles. The molecule has 6 aromatic rings. The van der Waals surface area contributed by atoms with Crippen molar-refractivity contribution in [2.75, 3.05) is 30.4 Å². The number of aromatic nitrogens is 3. The number of nitrogens with zero attached hydrogens (tertiary/aromatic N) is 4. The minimum absolute atomic E-state index is 0.0350. The minimum Gasteiger partial charge on any atom is -0.495 e. The molecule has 1 saturated heterocycles. The predicted molar refractivity (Wildman–Crippen MR) is 179 cm³/mol. The summed E-state index contributed by atoms with van der Waals surface area (Å²) in [5.74, 6) is 0.663. The van der Waals surface area contributed by atoms with Gasteiger partial charge in [-0.05, 0) is 86.1 Å². The maximum Gasteiger partial charge on any atom is 0.275 e. The largest absolute Gasteiger partial charge is 0.495 e. The quantitative estimate of drug-likeness (QED) is 0.262. The van der Waals surface area contributed by atoms with Crippen LogP contribution in [0.1, 0.15) is 24.0 Å². The first-order valence-electron chi connectivity index (χ1n) is 15.0. The van der Waals surface area contributed by atoms with Crippen molar-refractivity contribution < 1.29 is 17.9 Å². The summed E-state index contributed by atoms with van der Waals surface area (Å²) in [6, 6.07) is 15.6. The van der Waals surface area contributed by atoms with Crippen molar-refractivity contribution in [1.82, 2.24) is 18.7 Å². The number of carbonyl (C=O) groups excluding carboxylic acids is 1. The Labute approximate surface area is 268 Å². The molecule has 11 nitrogen and oxygen atoms in total. The van der Waals surface area contributed by atoms with Crippen molar-refractivity contribution >= 4 is 71.2 Å². The number of benzene rings is 2. The Hall–Kier alpha value is -4.72. The van der Waals surface area contributed by atoms with E-state index in [1.54, 1.807) is 42.3 Å². The van der Waals surface area contributed by atoms with E-state index in [2.05, 4.69) is 10.6 Å². The van der Waals surface area contributed by atoms with Crippen LogP contribution in [0.25, 0.3) is 26.6 Å². The van der Waals surface area contributed by atoms with E-state index in [0.29, 0.717) is 40.0 Å². The Morgan fingerprint density at radius 2 is 1.96 bits per heavy atom. The molecule has 2 aromatic carbocycles. The van der Waals surface area contributed by atoms with Gasteiger partial charge in [-0.25, -0.2) is 16.8 Å². The maximum absolute atomic E-state index is 14.0. The third-order valence-electron chi connectivity index (χ3n) is 8.90. The van der Waals surface area contributed by atoms with Gasteiger partial charge >= 0.3 is 0 Å². The number of hydrogen-bond acceptors (Lipinski definition) is 9. The molecular formula is C33H30N6O5S2. The highest BCUT2D eigenvalue weighted by molar-refractivity contribution is 7.90. The molecule has 2 aliphatic rings. The van der Waals surface area contributed by atoms with Gasteiger partial charge in [0.15, 0.2) is 5.65 Å². The molecule has 0 unspecified atom stereocenters. The Balaban J connectivity index is 1.32. The van der Waals surface area contributed by atoms with Crippen LogP contribution in [0.2, 0.25) is 0 Å². The summed E-state index contributed by atoms with van der Waals surface area (Å²) < 4.78 is 36.7. The van der Waals surface area contributed by atoms with Crippen LogP contribution >= 0.6 is 11.3 Å². The lowest BCUT2D eigenvalue weighted by atomic mass is 10.1. The van der Waals surface area contributed by atoms with Crippen LogP contribution in [0.3, 0.4) is 0 Å². The fourth-order valence-corrected chi connectivity index (χ4v) is 8.62. The molecule has 1 fully saturated rings. The fourth-order valence-electron chi connectivity index (χ4n) is 6.52. The van der Waals surface area contributed by atoms with Crippen LogP contribution in [0.15, 0.2) is 75.9 Å². The molecule has 0 aliphatic carbocycles. The monoisotopic (exact) mass is 654 g/mol. The minimum atomic E-state index is -4.02. The number of rotatable bonds is 6. The topological polar surface area (TPSA) is 127 Å². The smallest absolute Gasteiger partial charge is 0.275 e. The molecule has 8 rings (SSSR count). The van der Waals surface area contributed by atoms with Gasteiger partial charge in [0.05, 0.1) is 29.3 Å². The highest BCUT2D eigenvalue weighted by Crippen LogP contribution is 2.39. The van der Waals surface area contributed by atoms with E-state index in [-0.39, 0.29) is 34.0 Å². The van der Waals surface area contributed by atoms with Gasteiger partial charge < -0.3 is 20.3 Å². The van der Waals surface area contributed by atoms with Crippen molar-refractivity contribution in [2.24, 2.45) is 0 Å². The van der Waals surface area contributed by atoms with Crippen LogP contribution < -0.4 is 25.8 Å². The summed E-state index contributed by atoms with van der Waals surface area (Å²) in [5.41, 5.74) is 3.58. The number of ether oxygens (including phenoxy) is 1. The van der Waals surface area contributed by atoms with Gasteiger partial charge in [0.25, 0.3) is 15.6 Å². The molecule has 1 atom stereocenters. The average molecular weight is 655 g/mol. The van der Waals surface area contributed by atoms with Crippen LogP contribution in [-0.2, 0) is 21.2 Å². The summed E-state index contributed by atoms with van der Waals surface area (Å²) in [7, 11) is -2.46. The Morgan fingerprint density at radius 1 is 1.13 bits per heavy atom. The van der Waals surface area contributed by atoms with Gasteiger partial charge in [0.2, 0.25) is 11.9 Å². The molecule has 0 radical (unpaired) electrons. The Morgan fingerprint density at radius 3 is 2.72 bits per heavy atom. The van der Waals surface area contributed by atoms with Gasteiger partial charge in [-0.2, -0.15) is 4.98 Å². The Bertz CT molecular complexity index is 2370. The number of amides is 1. The van der Waals surface area contributed by atoms with Crippen molar-refractivity contribution in [1.29, 1.82) is 0 Å². The first-order chi connectivity index (χ1) is 22.2. The standard InChI is InChI=1S/C33H30N6O5S2/c1-19-5-7-22(8-6-19)46(42,43)38-14-10-23-27-16-21-11-15-45-29(21)32(41)39(27)33(36-30(23)38)35-25-18-26-20(17-28(25)44-2)9-13-37(26)31(40)24-4-3-12-34-24/h5-8,10-11,14-18,24,34H,3-4,9,12-13H2,1-2H3,(H,35,36)/t24-/m0/s1. The molecule has 1 amide bonds. The molecule has 46 heavy (non-hydrogen) atoms. The second-order valence-corrected chi connectivity index (χ2v) is 14.4. The molecule has 2 N–H and O–H groups in total. The van der Waals surface area contributed by atoms with Gasteiger partial charge in [-0.1, -0.05) is 17.7 Å². The first kappa shape index (κ1) is 28.7. The van der Waals surface area contributed by atoms with E-state index in [4.69, 9.17) is 9.72 Å². The molecule has 0 bridgehead atoms. The third kappa shape index (κ3) is 4.41. The molecule has 0 saturated carbocycles. The number of thiophene rings is 1. The number of methoxy groups -OCH3 is 1. The van der Waals surface area contributed by atoms with Gasteiger partial charge in [-0.3, -0.25) is 9.59 Å². The number of carbonyl (C=O) groups is 1. The zero-order valence-corrected chi connectivity index (χ0v) is 26.7. The first-order valence-corrected chi connectivity index (χ1v) is 17.4. The second-order valence-electron chi connectivity index (χ2n) is 11.7. The summed E-state index contributed by atoms with van der Waals surface area (Å²) in [4.78, 5) is 34.1. The second kappa shape index (κ2) is 10.7. The number of aryl methyl sites for hydroxylation is 1. The van der Waals surface area contributed by atoms with Crippen LogP contribution in [0.5, 0.6) is 5.75 Å². The summed E-state index contributed by atoms with van der Waals surface area (Å²) >= 11 is 1.33. The molecular weight excluding hydrogens is 625 g/mol. The van der Waals surface area contributed by atoms with Crippen LogP contribution in [-0.4, -0.2) is 53.9 Å².